The number of nitrogens with one attached hydrogen (secondary N) is 1. The van der Waals surface area contributed by atoms with Crippen molar-refractivity contribution in [2.24, 2.45) is 11.8 Å². The molecule has 2 aromatic heterocycles. The van der Waals surface area contributed by atoms with Gasteiger partial charge in [-0.3, -0.25) is 9.36 Å². The van der Waals surface area contributed by atoms with Gasteiger partial charge in [0.25, 0.3) is 5.91 Å². The number of carbonyl (C=O) groups excluding carboxylic acids is 1. The number of amides is 1. The Hall–Kier alpha value is -2.88. The number of hydrogen-bond donors (Lipinski definition) is 1. The van der Waals surface area contributed by atoms with Crippen LogP contribution >= 0.6 is 0 Å². The molecule has 0 atom stereocenters. The minimum Gasteiger partial charge on any atom is -0.493 e. The molecule has 0 radical (unpaired) electrons. The molecule has 0 unspecified atom stereocenters. The maximum Gasteiger partial charge on any atom is 0.272 e. The zero-order chi connectivity index (χ0) is 22.4. The number of imidazole rings is 1. The number of aromatic nitrogens is 3. The van der Waals surface area contributed by atoms with Gasteiger partial charge in [-0.25, -0.2) is 9.97 Å². The highest BCUT2D eigenvalue weighted by Crippen LogP contribution is 2.29. The Morgan fingerprint density at radius 2 is 2.06 bits per heavy atom. The van der Waals surface area contributed by atoms with Crippen LogP contribution in [0.15, 0.2) is 12.3 Å². The molecule has 0 spiro atoms. The Labute approximate surface area is 184 Å². The molecule has 2 heterocycles. The molecule has 0 bridgehead atoms. The third-order valence-electron chi connectivity index (χ3n) is 6.13. The number of hydrogen-bond acceptors (Lipinski definition) is 5. The fraction of sp³-hybridized carbons (Fsp3) is 0.583. The van der Waals surface area contributed by atoms with E-state index in [4.69, 9.17) is 4.74 Å². The van der Waals surface area contributed by atoms with E-state index in [0.29, 0.717) is 36.3 Å². The third kappa shape index (κ3) is 5.07. The second-order valence-corrected chi connectivity index (χ2v) is 8.48. The van der Waals surface area contributed by atoms with Gasteiger partial charge in [0.1, 0.15) is 11.9 Å². The van der Waals surface area contributed by atoms with Crippen LogP contribution in [0.3, 0.4) is 0 Å². The maximum atomic E-state index is 12.9. The lowest BCUT2D eigenvalue weighted by Crippen LogP contribution is -2.31. The molecule has 7 nitrogen and oxygen atoms in total. The molecule has 1 saturated carbocycles. The summed E-state index contributed by atoms with van der Waals surface area (Å²) in [5.41, 5.74) is 1.42. The van der Waals surface area contributed by atoms with E-state index >= 15 is 0 Å². The average molecular weight is 424 g/mol. The van der Waals surface area contributed by atoms with Gasteiger partial charge in [-0.2, -0.15) is 5.26 Å². The molecule has 3 rings (SSSR count). The Morgan fingerprint density at radius 1 is 1.32 bits per heavy atom. The molecule has 1 aliphatic rings. The molecule has 0 aromatic carbocycles. The number of pyridine rings is 1. The van der Waals surface area contributed by atoms with Crippen LogP contribution in [0, 0.1) is 23.2 Å². The quantitative estimate of drug-likeness (QED) is 0.686. The van der Waals surface area contributed by atoms with Gasteiger partial charge >= 0.3 is 0 Å². The summed E-state index contributed by atoms with van der Waals surface area (Å²) in [4.78, 5) is 22.0. The van der Waals surface area contributed by atoms with E-state index in [1.54, 1.807) is 17.9 Å². The summed E-state index contributed by atoms with van der Waals surface area (Å²) in [6, 6.07) is 4.12. The standard InChI is InChI=1S/C24H33N5O2/c1-5-7-18-12-20(31-4)23(26-15-18)29-19(13-25)22(28-21(29)6-2)24(30)27-14-17-10-8-16(3)9-11-17/h12,15-17H,5-11,14H2,1-4H3,(H,27,30). The van der Waals surface area contributed by atoms with Gasteiger partial charge in [0.05, 0.1) is 7.11 Å². The Bertz CT molecular complexity index is 952. The first-order valence-electron chi connectivity index (χ1n) is 11.3. The van der Waals surface area contributed by atoms with Gasteiger partial charge in [0, 0.05) is 19.2 Å². The highest BCUT2D eigenvalue weighted by Gasteiger charge is 2.26. The van der Waals surface area contributed by atoms with Gasteiger partial charge in [0.2, 0.25) is 0 Å². The normalized spacial score (nSPS) is 18.4. The van der Waals surface area contributed by atoms with Crippen LogP contribution in [0.2, 0.25) is 0 Å². The van der Waals surface area contributed by atoms with Crippen LogP contribution in [0.1, 0.15) is 80.4 Å². The Kier molecular flexibility index (Phi) is 7.67. The molecule has 1 aliphatic carbocycles. The van der Waals surface area contributed by atoms with Crippen LogP contribution in [0.4, 0.5) is 0 Å². The molecule has 7 heteroatoms. The molecule has 31 heavy (non-hydrogen) atoms. The van der Waals surface area contributed by atoms with E-state index in [0.717, 1.165) is 37.2 Å². The monoisotopic (exact) mass is 423 g/mol. The summed E-state index contributed by atoms with van der Waals surface area (Å²) in [6.45, 7) is 6.96. The number of methoxy groups -OCH3 is 1. The fourth-order valence-electron chi connectivity index (χ4n) is 4.27. The topological polar surface area (TPSA) is 92.8 Å². The van der Waals surface area contributed by atoms with Crippen molar-refractivity contribution in [3.05, 3.63) is 35.0 Å². The summed E-state index contributed by atoms with van der Waals surface area (Å²) in [5.74, 6) is 2.63. The van der Waals surface area contributed by atoms with Crippen LogP contribution in [-0.4, -0.2) is 34.1 Å². The summed E-state index contributed by atoms with van der Waals surface area (Å²) in [6.07, 6.45) is 8.93. The molecule has 166 valence electrons. The van der Waals surface area contributed by atoms with E-state index in [1.165, 1.54) is 12.8 Å². The van der Waals surface area contributed by atoms with Crippen molar-refractivity contribution in [2.45, 2.75) is 65.7 Å². The van der Waals surface area contributed by atoms with Crippen molar-refractivity contribution in [1.29, 1.82) is 5.26 Å². The first-order chi connectivity index (χ1) is 15.0. The number of nitriles is 1. The molecule has 0 aliphatic heterocycles. The van der Waals surface area contributed by atoms with E-state index < -0.39 is 0 Å². The second-order valence-electron chi connectivity index (χ2n) is 8.48. The number of rotatable bonds is 8. The van der Waals surface area contributed by atoms with Crippen LogP contribution in [0.25, 0.3) is 5.82 Å². The Morgan fingerprint density at radius 3 is 2.68 bits per heavy atom. The maximum absolute atomic E-state index is 12.9. The molecule has 1 fully saturated rings. The van der Waals surface area contributed by atoms with Gasteiger partial charge in [-0.05, 0) is 42.7 Å². The molecular weight excluding hydrogens is 390 g/mol. The zero-order valence-electron chi connectivity index (χ0n) is 19.1. The SMILES string of the molecule is CCCc1cnc(-n2c(CC)nc(C(=O)NCC3CCC(C)CC3)c2C#N)c(OC)c1. The summed E-state index contributed by atoms with van der Waals surface area (Å²) in [7, 11) is 1.59. The van der Waals surface area contributed by atoms with Crippen molar-refractivity contribution in [1.82, 2.24) is 19.9 Å². The molecule has 1 N–H and O–H groups in total. The predicted molar refractivity (Wildman–Crippen MR) is 119 cm³/mol. The van der Waals surface area contributed by atoms with Gasteiger partial charge in [-0.1, -0.05) is 40.0 Å². The first-order valence-corrected chi connectivity index (χ1v) is 11.3. The van der Waals surface area contributed by atoms with Crippen LogP contribution in [0.5, 0.6) is 5.75 Å². The zero-order valence-corrected chi connectivity index (χ0v) is 19.1. The third-order valence-corrected chi connectivity index (χ3v) is 6.13. The lowest BCUT2D eigenvalue weighted by molar-refractivity contribution is 0.0937. The summed E-state index contributed by atoms with van der Waals surface area (Å²) < 4.78 is 7.23. The smallest absolute Gasteiger partial charge is 0.272 e. The summed E-state index contributed by atoms with van der Waals surface area (Å²) >= 11 is 0. The minimum absolute atomic E-state index is 0.157. The molecule has 0 saturated heterocycles. The van der Waals surface area contributed by atoms with E-state index in [9.17, 15) is 10.1 Å². The van der Waals surface area contributed by atoms with Crippen LogP contribution in [-0.2, 0) is 12.8 Å². The lowest BCUT2D eigenvalue weighted by Gasteiger charge is -2.26. The van der Waals surface area contributed by atoms with E-state index in [-0.39, 0.29) is 17.3 Å². The van der Waals surface area contributed by atoms with Crippen molar-refractivity contribution in [3.63, 3.8) is 0 Å². The number of carbonyl (C=O) groups is 1. The minimum atomic E-state index is -0.301. The van der Waals surface area contributed by atoms with E-state index in [1.807, 2.05) is 13.0 Å². The highest BCUT2D eigenvalue weighted by atomic mass is 16.5. The van der Waals surface area contributed by atoms with Crippen molar-refractivity contribution >= 4 is 5.91 Å². The second kappa shape index (κ2) is 10.4. The average Bonchev–Trinajstić information content (AvgIpc) is 3.17. The van der Waals surface area contributed by atoms with Crippen molar-refractivity contribution in [3.8, 4) is 17.6 Å². The van der Waals surface area contributed by atoms with Crippen molar-refractivity contribution in [2.75, 3.05) is 13.7 Å². The number of ether oxygens (including phenoxy) is 1. The van der Waals surface area contributed by atoms with Gasteiger partial charge in [0.15, 0.2) is 23.0 Å². The molecular formula is C24H33N5O2. The fourth-order valence-corrected chi connectivity index (χ4v) is 4.27. The first kappa shape index (κ1) is 22.8. The van der Waals surface area contributed by atoms with Gasteiger partial charge < -0.3 is 10.1 Å². The largest absolute Gasteiger partial charge is 0.493 e. The van der Waals surface area contributed by atoms with Crippen molar-refractivity contribution < 1.29 is 9.53 Å². The highest BCUT2D eigenvalue weighted by molar-refractivity contribution is 5.94. The lowest BCUT2D eigenvalue weighted by atomic mass is 9.83. The Balaban J connectivity index is 1.89. The number of nitrogens with zero attached hydrogens (tertiary/aromatic N) is 4. The molecule has 1 amide bonds. The molecule has 2 aromatic rings. The van der Waals surface area contributed by atoms with Gasteiger partial charge in [-0.15, -0.1) is 0 Å². The van der Waals surface area contributed by atoms with Crippen LogP contribution < -0.4 is 10.1 Å². The number of aryl methyl sites for hydroxylation is 2. The predicted octanol–water partition coefficient (Wildman–Crippen LogP) is 4.22. The van der Waals surface area contributed by atoms with E-state index in [2.05, 4.69) is 35.2 Å². The summed E-state index contributed by atoms with van der Waals surface area (Å²) in [5, 5.41) is 12.9.